The van der Waals surface area contributed by atoms with Gasteiger partial charge in [0.2, 0.25) is 5.89 Å². The highest BCUT2D eigenvalue weighted by molar-refractivity contribution is 6.44. The first kappa shape index (κ1) is 15.2. The molecule has 0 fully saturated rings. The third kappa shape index (κ3) is 3.47. The highest BCUT2D eigenvalue weighted by Gasteiger charge is 2.19. The van der Waals surface area contributed by atoms with Crippen molar-refractivity contribution in [2.24, 2.45) is 0 Å². The molecule has 0 radical (unpaired) electrons. The van der Waals surface area contributed by atoms with Gasteiger partial charge in [-0.3, -0.25) is 14.9 Å². The number of carbonyl (C=O) groups is 1. The Hall–Kier alpha value is -2.19. The van der Waals surface area contributed by atoms with Crippen molar-refractivity contribution in [3.63, 3.8) is 0 Å². The summed E-state index contributed by atoms with van der Waals surface area (Å²) in [6.45, 7) is 1.60. The van der Waals surface area contributed by atoms with Gasteiger partial charge in [0, 0.05) is 12.1 Å². The second kappa shape index (κ2) is 6.06. The van der Waals surface area contributed by atoms with Crippen LogP contribution in [-0.2, 0) is 6.54 Å². The summed E-state index contributed by atoms with van der Waals surface area (Å²) in [5.41, 5.74) is -0.435. The molecule has 8 nitrogen and oxygen atoms in total. The zero-order valence-corrected chi connectivity index (χ0v) is 12.1. The number of hydrogen-bond acceptors (Lipinski definition) is 6. The molecule has 0 unspecified atom stereocenters. The molecule has 110 valence electrons. The predicted molar refractivity (Wildman–Crippen MR) is 73.3 cm³/mol. The monoisotopic (exact) mass is 330 g/mol. The van der Waals surface area contributed by atoms with Crippen LogP contribution in [0.3, 0.4) is 0 Å². The number of aryl methyl sites for hydroxylation is 1. The summed E-state index contributed by atoms with van der Waals surface area (Å²) in [6, 6.07) is 2.12. The molecular weight excluding hydrogens is 323 g/mol. The van der Waals surface area contributed by atoms with E-state index in [2.05, 4.69) is 15.5 Å². The zero-order valence-electron chi connectivity index (χ0n) is 10.6. The van der Waals surface area contributed by atoms with Crippen molar-refractivity contribution in [2.75, 3.05) is 0 Å². The van der Waals surface area contributed by atoms with Crippen LogP contribution < -0.4 is 5.32 Å². The van der Waals surface area contributed by atoms with Crippen molar-refractivity contribution in [2.45, 2.75) is 13.5 Å². The second-order valence-electron chi connectivity index (χ2n) is 3.96. The van der Waals surface area contributed by atoms with Gasteiger partial charge in [-0.15, -0.1) is 0 Å². The molecule has 2 rings (SSSR count). The molecule has 1 aromatic heterocycles. The van der Waals surface area contributed by atoms with Gasteiger partial charge in [0.15, 0.2) is 5.82 Å². The van der Waals surface area contributed by atoms with Crippen LogP contribution in [0.1, 0.15) is 22.1 Å². The van der Waals surface area contributed by atoms with Gasteiger partial charge in [-0.05, 0) is 6.92 Å². The van der Waals surface area contributed by atoms with E-state index in [0.29, 0.717) is 5.82 Å². The van der Waals surface area contributed by atoms with Gasteiger partial charge in [0.25, 0.3) is 11.6 Å². The molecule has 0 bridgehead atoms. The Morgan fingerprint density at radius 3 is 2.76 bits per heavy atom. The fourth-order valence-corrected chi connectivity index (χ4v) is 1.92. The Balaban J connectivity index is 2.20. The van der Waals surface area contributed by atoms with Crippen molar-refractivity contribution < 1.29 is 14.2 Å². The largest absolute Gasteiger partial charge is 0.343 e. The van der Waals surface area contributed by atoms with E-state index in [9.17, 15) is 14.9 Å². The zero-order chi connectivity index (χ0) is 15.6. The molecule has 1 aromatic carbocycles. The number of nitro groups is 1. The van der Waals surface area contributed by atoms with Crippen molar-refractivity contribution in [3.8, 4) is 0 Å². The minimum atomic E-state index is -0.666. The number of rotatable bonds is 4. The van der Waals surface area contributed by atoms with Gasteiger partial charge in [-0.1, -0.05) is 28.4 Å². The first-order valence-corrected chi connectivity index (χ1v) is 6.35. The standard InChI is InChI=1S/C11H8Cl2N4O4/c1-5-15-9(21-16-5)4-14-11(18)7-2-6(17(19)20)3-8(12)10(7)13/h2-3H,4H2,1H3,(H,14,18). The van der Waals surface area contributed by atoms with Crippen LogP contribution in [-0.4, -0.2) is 21.0 Å². The van der Waals surface area contributed by atoms with E-state index in [1.54, 1.807) is 6.92 Å². The molecular formula is C11H8Cl2N4O4. The number of benzene rings is 1. The smallest absolute Gasteiger partial charge is 0.271 e. The van der Waals surface area contributed by atoms with Crippen molar-refractivity contribution in [3.05, 3.63) is 49.6 Å². The van der Waals surface area contributed by atoms with E-state index in [0.717, 1.165) is 12.1 Å². The van der Waals surface area contributed by atoms with E-state index in [-0.39, 0.29) is 33.7 Å². The third-order valence-electron chi connectivity index (χ3n) is 2.44. The lowest BCUT2D eigenvalue weighted by molar-refractivity contribution is -0.384. The summed E-state index contributed by atoms with van der Waals surface area (Å²) in [7, 11) is 0. The van der Waals surface area contributed by atoms with Crippen LogP contribution in [0.15, 0.2) is 16.7 Å². The van der Waals surface area contributed by atoms with E-state index in [4.69, 9.17) is 27.7 Å². The maximum absolute atomic E-state index is 12.0. The lowest BCUT2D eigenvalue weighted by atomic mass is 10.2. The van der Waals surface area contributed by atoms with Gasteiger partial charge < -0.3 is 9.84 Å². The maximum atomic E-state index is 12.0. The van der Waals surface area contributed by atoms with Crippen LogP contribution in [0.4, 0.5) is 5.69 Å². The number of halogens is 2. The van der Waals surface area contributed by atoms with E-state index >= 15 is 0 Å². The van der Waals surface area contributed by atoms with Crippen molar-refractivity contribution in [1.29, 1.82) is 0 Å². The van der Waals surface area contributed by atoms with Gasteiger partial charge in [-0.25, -0.2) is 0 Å². The Morgan fingerprint density at radius 1 is 1.48 bits per heavy atom. The number of hydrogen-bond donors (Lipinski definition) is 1. The molecule has 0 spiro atoms. The summed E-state index contributed by atoms with van der Waals surface area (Å²) >= 11 is 11.7. The van der Waals surface area contributed by atoms with Crippen LogP contribution >= 0.6 is 23.2 Å². The minimum absolute atomic E-state index is 0.0314. The number of nitrogens with zero attached hydrogens (tertiary/aromatic N) is 3. The molecule has 1 heterocycles. The van der Waals surface area contributed by atoms with Gasteiger partial charge in [-0.2, -0.15) is 4.98 Å². The number of non-ortho nitro benzene ring substituents is 1. The molecule has 1 amide bonds. The molecule has 0 aliphatic rings. The number of amides is 1. The fourth-order valence-electron chi connectivity index (χ4n) is 1.51. The Labute approximate surface area is 128 Å². The normalized spacial score (nSPS) is 10.4. The van der Waals surface area contributed by atoms with Crippen LogP contribution in [0, 0.1) is 17.0 Å². The lowest BCUT2D eigenvalue weighted by Gasteiger charge is -2.06. The van der Waals surface area contributed by atoms with Crippen LogP contribution in [0.25, 0.3) is 0 Å². The average Bonchev–Trinajstić information content (AvgIpc) is 2.84. The molecule has 10 heteroatoms. The summed E-state index contributed by atoms with van der Waals surface area (Å²) < 4.78 is 4.82. The predicted octanol–water partition coefficient (Wildman–Crippen LogP) is 2.52. The first-order chi connectivity index (χ1) is 9.88. The molecule has 2 aromatic rings. The van der Waals surface area contributed by atoms with E-state index in [1.807, 2.05) is 0 Å². The lowest BCUT2D eigenvalue weighted by Crippen LogP contribution is -2.23. The van der Waals surface area contributed by atoms with Crippen LogP contribution in [0.5, 0.6) is 0 Å². The molecule has 0 saturated heterocycles. The van der Waals surface area contributed by atoms with Gasteiger partial charge >= 0.3 is 0 Å². The number of nitro benzene ring substituents is 1. The number of aromatic nitrogens is 2. The second-order valence-corrected chi connectivity index (χ2v) is 4.75. The quantitative estimate of drug-likeness (QED) is 0.681. The molecule has 0 saturated carbocycles. The summed E-state index contributed by atoms with van der Waals surface area (Å²) in [5, 5.41) is 16.6. The highest BCUT2D eigenvalue weighted by atomic mass is 35.5. The summed E-state index contributed by atoms with van der Waals surface area (Å²) in [4.78, 5) is 26.0. The van der Waals surface area contributed by atoms with E-state index < -0.39 is 10.8 Å². The molecule has 0 atom stereocenters. The van der Waals surface area contributed by atoms with Crippen molar-refractivity contribution in [1.82, 2.24) is 15.5 Å². The molecule has 21 heavy (non-hydrogen) atoms. The average molecular weight is 331 g/mol. The van der Waals surface area contributed by atoms with Crippen LogP contribution in [0.2, 0.25) is 10.0 Å². The Bertz CT molecular complexity index is 716. The van der Waals surface area contributed by atoms with Crippen molar-refractivity contribution >= 4 is 34.8 Å². The summed E-state index contributed by atoms with van der Waals surface area (Å²) in [5.74, 6) is -0.00868. The van der Waals surface area contributed by atoms with Gasteiger partial charge in [0.1, 0.15) is 0 Å². The topological polar surface area (TPSA) is 111 Å². The minimum Gasteiger partial charge on any atom is -0.343 e. The molecule has 0 aliphatic carbocycles. The Morgan fingerprint density at radius 2 is 2.19 bits per heavy atom. The third-order valence-corrected chi connectivity index (χ3v) is 3.24. The summed E-state index contributed by atoms with van der Waals surface area (Å²) in [6.07, 6.45) is 0. The first-order valence-electron chi connectivity index (χ1n) is 5.59. The molecule has 1 N–H and O–H groups in total. The van der Waals surface area contributed by atoms with E-state index in [1.165, 1.54) is 0 Å². The number of carbonyl (C=O) groups excluding carboxylic acids is 1. The Kier molecular flexibility index (Phi) is 4.39. The SMILES string of the molecule is Cc1noc(CNC(=O)c2cc([N+](=O)[O-])cc(Cl)c2Cl)n1. The fraction of sp³-hybridized carbons (Fsp3) is 0.182. The highest BCUT2D eigenvalue weighted by Crippen LogP contribution is 2.30. The number of nitrogens with one attached hydrogen (secondary N) is 1. The van der Waals surface area contributed by atoms with Gasteiger partial charge in [0.05, 0.1) is 27.1 Å². The molecule has 0 aliphatic heterocycles. The maximum Gasteiger partial charge on any atom is 0.271 e.